The van der Waals surface area contributed by atoms with Crippen molar-refractivity contribution in [2.45, 2.75) is 20.1 Å². The lowest BCUT2D eigenvalue weighted by atomic mass is 10.1. The molecule has 0 unspecified atom stereocenters. The van der Waals surface area contributed by atoms with Crippen molar-refractivity contribution < 1.29 is 14.3 Å². The number of hydrogen-bond donors (Lipinski definition) is 1. The minimum atomic E-state index is -0.429. The third-order valence-electron chi connectivity index (χ3n) is 4.96. The van der Waals surface area contributed by atoms with E-state index < -0.39 is 6.03 Å². The van der Waals surface area contributed by atoms with E-state index in [1.54, 1.807) is 6.08 Å². The Morgan fingerprint density at radius 1 is 0.969 bits per heavy atom. The van der Waals surface area contributed by atoms with Crippen molar-refractivity contribution in [2.75, 3.05) is 0 Å². The van der Waals surface area contributed by atoms with Crippen LogP contribution in [0.3, 0.4) is 0 Å². The van der Waals surface area contributed by atoms with Gasteiger partial charge >= 0.3 is 6.03 Å². The lowest BCUT2D eigenvalue weighted by Crippen LogP contribution is -2.30. The quantitative estimate of drug-likeness (QED) is 0.291. The highest BCUT2D eigenvalue weighted by atomic mass is 79.9. The van der Waals surface area contributed by atoms with Gasteiger partial charge in [0.05, 0.1) is 11.0 Å². The number of amides is 3. The third-order valence-corrected chi connectivity index (χ3v) is 6.11. The number of urea groups is 1. The maximum atomic E-state index is 12.8. The fourth-order valence-corrected chi connectivity index (χ4v) is 4.12. The van der Waals surface area contributed by atoms with E-state index in [9.17, 15) is 9.59 Å². The molecule has 1 fully saturated rings. The second-order valence-corrected chi connectivity index (χ2v) is 9.24. The highest BCUT2D eigenvalue weighted by Gasteiger charge is 2.33. The number of rotatable bonds is 6. The molecule has 3 amide bonds. The Morgan fingerprint density at radius 2 is 1.75 bits per heavy atom. The summed E-state index contributed by atoms with van der Waals surface area (Å²) in [5.41, 5.74) is 4.16. The second-order valence-electron chi connectivity index (χ2n) is 7.47. The van der Waals surface area contributed by atoms with E-state index in [-0.39, 0.29) is 18.1 Å². The fraction of sp³-hybridized carbons (Fsp3) is 0.120. The van der Waals surface area contributed by atoms with Crippen molar-refractivity contribution in [2.24, 2.45) is 0 Å². The lowest BCUT2D eigenvalue weighted by molar-refractivity contribution is -0.123. The molecule has 5 nitrogen and oxygen atoms in total. The molecule has 1 heterocycles. The van der Waals surface area contributed by atoms with Crippen LogP contribution in [-0.4, -0.2) is 16.8 Å². The van der Waals surface area contributed by atoms with Crippen LogP contribution in [-0.2, 0) is 17.9 Å². The predicted octanol–water partition coefficient (Wildman–Crippen LogP) is 6.19. The zero-order chi connectivity index (χ0) is 22.7. The van der Waals surface area contributed by atoms with Crippen LogP contribution >= 0.6 is 31.9 Å². The summed E-state index contributed by atoms with van der Waals surface area (Å²) >= 11 is 6.91. The summed E-state index contributed by atoms with van der Waals surface area (Å²) in [4.78, 5) is 26.3. The zero-order valence-corrected chi connectivity index (χ0v) is 20.4. The summed E-state index contributed by atoms with van der Waals surface area (Å²) in [6.07, 6.45) is 1.66. The lowest BCUT2D eigenvalue weighted by Gasteiger charge is -2.11. The molecule has 1 aliphatic heterocycles. The molecule has 0 radical (unpaired) electrons. The first kappa shape index (κ1) is 22.3. The van der Waals surface area contributed by atoms with Gasteiger partial charge in [0.1, 0.15) is 18.1 Å². The number of aryl methyl sites for hydroxylation is 1. The Morgan fingerprint density at radius 3 is 2.47 bits per heavy atom. The number of benzene rings is 3. The smallest absolute Gasteiger partial charge is 0.329 e. The normalized spacial score (nSPS) is 14.7. The number of imide groups is 1. The summed E-state index contributed by atoms with van der Waals surface area (Å²) in [5, 5.41) is 2.66. The second kappa shape index (κ2) is 9.71. The molecule has 0 atom stereocenters. The number of carbonyl (C=O) groups excluding carboxylic acids is 2. The summed E-state index contributed by atoms with van der Waals surface area (Å²) in [6, 6.07) is 20.8. The van der Waals surface area contributed by atoms with Crippen molar-refractivity contribution >= 4 is 49.9 Å². The number of ether oxygens (including phenoxy) is 1. The predicted molar refractivity (Wildman–Crippen MR) is 131 cm³/mol. The Hall–Kier alpha value is -2.90. The summed E-state index contributed by atoms with van der Waals surface area (Å²) in [7, 11) is 0. The first-order valence-corrected chi connectivity index (χ1v) is 11.5. The number of halogens is 2. The molecule has 0 aromatic heterocycles. The van der Waals surface area contributed by atoms with Crippen LogP contribution in [0.15, 0.2) is 81.4 Å². The molecule has 4 rings (SSSR count). The van der Waals surface area contributed by atoms with E-state index in [0.717, 1.165) is 25.6 Å². The molecule has 3 aromatic carbocycles. The summed E-state index contributed by atoms with van der Waals surface area (Å²) in [6.45, 7) is 2.72. The molecular weight excluding hydrogens is 536 g/mol. The van der Waals surface area contributed by atoms with Crippen molar-refractivity contribution in [3.05, 3.63) is 104 Å². The standard InChI is InChI=1S/C25H20Br2N2O3/c1-16-3-2-4-19(11-16)15-32-23-10-7-18(12-21(23)27)13-22-24(30)29(25(31)28-22)14-17-5-8-20(26)9-6-17/h2-13H,14-15H2,1H3,(H,28,31)/b22-13+. The number of nitrogens with zero attached hydrogens (tertiary/aromatic N) is 1. The molecule has 0 bridgehead atoms. The Labute approximate surface area is 203 Å². The van der Waals surface area contributed by atoms with Crippen LogP contribution in [0, 0.1) is 6.92 Å². The highest BCUT2D eigenvalue weighted by Crippen LogP contribution is 2.28. The monoisotopic (exact) mass is 554 g/mol. The van der Waals surface area contributed by atoms with E-state index in [1.807, 2.05) is 67.6 Å². The van der Waals surface area contributed by atoms with Crippen LogP contribution in [0.25, 0.3) is 6.08 Å². The van der Waals surface area contributed by atoms with E-state index in [2.05, 4.69) is 43.2 Å². The molecule has 1 N–H and O–H groups in total. The average molecular weight is 556 g/mol. The number of carbonyl (C=O) groups is 2. The molecular formula is C25H20Br2N2O3. The molecule has 0 saturated carbocycles. The number of hydrogen-bond acceptors (Lipinski definition) is 3. The molecule has 3 aromatic rings. The molecule has 162 valence electrons. The van der Waals surface area contributed by atoms with Crippen LogP contribution in [0.1, 0.15) is 22.3 Å². The minimum absolute atomic E-state index is 0.213. The third kappa shape index (κ3) is 5.29. The van der Waals surface area contributed by atoms with E-state index in [1.165, 1.54) is 10.5 Å². The average Bonchev–Trinajstić information content (AvgIpc) is 3.02. The van der Waals surface area contributed by atoms with Gasteiger partial charge in [-0.3, -0.25) is 9.69 Å². The van der Waals surface area contributed by atoms with Crippen LogP contribution in [0.2, 0.25) is 0 Å². The molecule has 7 heteroatoms. The van der Waals surface area contributed by atoms with Gasteiger partial charge in [0, 0.05) is 4.47 Å². The Bertz CT molecular complexity index is 1210. The van der Waals surface area contributed by atoms with Gasteiger partial charge in [-0.1, -0.05) is 64.0 Å². The van der Waals surface area contributed by atoms with Crippen LogP contribution < -0.4 is 10.1 Å². The maximum Gasteiger partial charge on any atom is 0.329 e. The van der Waals surface area contributed by atoms with Crippen molar-refractivity contribution in [3.63, 3.8) is 0 Å². The summed E-state index contributed by atoms with van der Waals surface area (Å²) in [5.74, 6) is 0.348. The van der Waals surface area contributed by atoms with Crippen molar-refractivity contribution in [1.82, 2.24) is 10.2 Å². The molecule has 0 spiro atoms. The minimum Gasteiger partial charge on any atom is -0.488 e. The van der Waals surface area contributed by atoms with Gasteiger partial charge in [0.2, 0.25) is 0 Å². The molecule has 32 heavy (non-hydrogen) atoms. The van der Waals surface area contributed by atoms with Crippen LogP contribution in [0.5, 0.6) is 5.75 Å². The first-order valence-electron chi connectivity index (χ1n) is 9.96. The van der Waals surface area contributed by atoms with Crippen molar-refractivity contribution in [1.29, 1.82) is 0 Å². The maximum absolute atomic E-state index is 12.8. The zero-order valence-electron chi connectivity index (χ0n) is 17.3. The Balaban J connectivity index is 1.45. The molecule has 1 saturated heterocycles. The van der Waals surface area contributed by atoms with Gasteiger partial charge in [-0.25, -0.2) is 4.79 Å². The van der Waals surface area contributed by atoms with Gasteiger partial charge in [0.25, 0.3) is 5.91 Å². The van der Waals surface area contributed by atoms with Gasteiger partial charge in [-0.15, -0.1) is 0 Å². The van der Waals surface area contributed by atoms with Gasteiger partial charge < -0.3 is 10.1 Å². The summed E-state index contributed by atoms with van der Waals surface area (Å²) < 4.78 is 7.62. The first-order chi connectivity index (χ1) is 15.4. The fourth-order valence-electron chi connectivity index (χ4n) is 3.34. The van der Waals surface area contributed by atoms with Crippen LogP contribution in [0.4, 0.5) is 4.79 Å². The van der Waals surface area contributed by atoms with Gasteiger partial charge in [-0.2, -0.15) is 0 Å². The van der Waals surface area contributed by atoms with E-state index in [4.69, 9.17) is 4.74 Å². The van der Waals surface area contributed by atoms with Gasteiger partial charge in [0.15, 0.2) is 0 Å². The SMILES string of the molecule is Cc1cccc(COc2ccc(/C=C3/NC(=O)N(Cc4ccc(Br)cc4)C3=O)cc2Br)c1. The van der Waals surface area contributed by atoms with Gasteiger partial charge in [-0.05, 0) is 69.9 Å². The molecule has 1 aliphatic rings. The Kier molecular flexibility index (Phi) is 6.77. The van der Waals surface area contributed by atoms with E-state index in [0.29, 0.717) is 12.4 Å². The largest absolute Gasteiger partial charge is 0.488 e. The highest BCUT2D eigenvalue weighted by molar-refractivity contribution is 9.10. The molecule has 0 aliphatic carbocycles. The topological polar surface area (TPSA) is 58.6 Å². The van der Waals surface area contributed by atoms with Crippen molar-refractivity contribution in [3.8, 4) is 5.75 Å². The number of nitrogens with one attached hydrogen (secondary N) is 1. The van der Waals surface area contributed by atoms with E-state index >= 15 is 0 Å².